The molecule has 28 heavy (non-hydrogen) atoms. The topological polar surface area (TPSA) is 33.0 Å². The summed E-state index contributed by atoms with van der Waals surface area (Å²) in [6.07, 6.45) is 3.88. The number of hydrogen-bond acceptors (Lipinski definition) is 4. The second-order valence-electron chi connectivity index (χ2n) is 8.24. The molecule has 0 saturated heterocycles. The third-order valence-electron chi connectivity index (χ3n) is 5.20. The number of benzene rings is 2. The first kappa shape index (κ1) is 19.2. The third-order valence-corrected chi connectivity index (χ3v) is 7.41. The van der Waals surface area contributed by atoms with E-state index in [1.165, 1.54) is 14.7 Å². The van der Waals surface area contributed by atoms with E-state index in [0.717, 1.165) is 4.91 Å². The van der Waals surface area contributed by atoms with Gasteiger partial charge in [-0.25, -0.2) is 0 Å². The van der Waals surface area contributed by atoms with Crippen molar-refractivity contribution in [2.75, 3.05) is 0 Å². The molecule has 0 fully saturated rings. The highest BCUT2D eigenvalue weighted by Gasteiger charge is 2.58. The molecular weight excluding hydrogens is 382 g/mol. The number of hydrogen-bond donors (Lipinski definition) is 0. The number of fused-ring (bicyclic) bond motifs is 1. The van der Waals surface area contributed by atoms with Crippen molar-refractivity contribution in [3.8, 4) is 6.07 Å². The summed E-state index contributed by atoms with van der Waals surface area (Å²) in [5.74, 6) is 0.219. The quantitative estimate of drug-likeness (QED) is 0.555. The maximum atomic E-state index is 10.1. The molecule has 2 aromatic carbocycles. The van der Waals surface area contributed by atoms with E-state index in [0.29, 0.717) is 0 Å². The van der Waals surface area contributed by atoms with Crippen LogP contribution in [-0.4, -0.2) is 5.60 Å². The van der Waals surface area contributed by atoms with Gasteiger partial charge in [0.25, 0.3) is 0 Å². The molecule has 0 saturated carbocycles. The Hall–Kier alpha value is -2.09. The Kier molecular flexibility index (Phi) is 5.07. The highest BCUT2D eigenvalue weighted by molar-refractivity contribution is 8.03. The van der Waals surface area contributed by atoms with Gasteiger partial charge in [0.2, 0.25) is 5.60 Å². The Morgan fingerprint density at radius 2 is 1.43 bits per heavy atom. The smallest absolute Gasteiger partial charge is 0.221 e. The van der Waals surface area contributed by atoms with E-state index in [1.807, 2.05) is 30.5 Å². The molecule has 0 bridgehead atoms. The summed E-state index contributed by atoms with van der Waals surface area (Å²) >= 11 is 3.47. The van der Waals surface area contributed by atoms with Crippen LogP contribution in [0.2, 0.25) is 0 Å². The lowest BCUT2D eigenvalue weighted by Crippen LogP contribution is -2.37. The average Bonchev–Trinajstić information content (AvgIpc) is 3.18. The van der Waals surface area contributed by atoms with Crippen LogP contribution < -0.4 is 0 Å². The lowest BCUT2D eigenvalue weighted by Gasteiger charge is -2.36. The van der Waals surface area contributed by atoms with Crippen LogP contribution in [0.5, 0.6) is 0 Å². The van der Waals surface area contributed by atoms with Crippen molar-refractivity contribution in [3.63, 3.8) is 0 Å². The Labute approximate surface area is 175 Å². The van der Waals surface area contributed by atoms with Crippen LogP contribution in [0.1, 0.15) is 20.8 Å². The Morgan fingerprint density at radius 3 is 1.93 bits per heavy atom. The summed E-state index contributed by atoms with van der Waals surface area (Å²) < 4.78 is 6.06. The van der Waals surface area contributed by atoms with Crippen LogP contribution in [0, 0.1) is 28.6 Å². The van der Waals surface area contributed by atoms with Crippen molar-refractivity contribution in [1.29, 1.82) is 5.26 Å². The van der Waals surface area contributed by atoms with Gasteiger partial charge < -0.3 is 4.74 Å². The molecule has 2 nitrogen and oxygen atoms in total. The summed E-state index contributed by atoms with van der Waals surface area (Å²) in [5, 5.41) is 10.1. The van der Waals surface area contributed by atoms with Gasteiger partial charge in [-0.2, -0.15) is 5.26 Å². The Balaban J connectivity index is 1.70. The van der Waals surface area contributed by atoms with Gasteiger partial charge in [0.05, 0.1) is 12.2 Å². The van der Waals surface area contributed by atoms with Gasteiger partial charge in [0.1, 0.15) is 6.07 Å². The molecule has 4 rings (SSSR count). The van der Waals surface area contributed by atoms with Gasteiger partial charge in [-0.3, -0.25) is 0 Å². The van der Waals surface area contributed by atoms with Crippen molar-refractivity contribution in [3.05, 3.63) is 82.8 Å². The molecule has 0 amide bonds. The first-order chi connectivity index (χ1) is 13.4. The van der Waals surface area contributed by atoms with Crippen molar-refractivity contribution in [2.24, 2.45) is 17.3 Å². The standard InChI is InChI=1S/C24H23NOS2/c1-23(2,3)21-19(27-17-10-6-4-7-11-17)14-24(16-25)22(21)20(15-26-24)28-18-12-8-5-9-13-18/h4-15,21-22H,1-3H3/t21-,22+,24+/m1/s1. The molecule has 1 aliphatic heterocycles. The van der Waals surface area contributed by atoms with E-state index in [2.05, 4.69) is 69.3 Å². The average molecular weight is 406 g/mol. The summed E-state index contributed by atoms with van der Waals surface area (Å²) in [5.41, 5.74) is -0.910. The van der Waals surface area contributed by atoms with Crippen molar-refractivity contribution >= 4 is 23.5 Å². The first-order valence-electron chi connectivity index (χ1n) is 9.41. The molecule has 2 aromatic rings. The highest BCUT2D eigenvalue weighted by Crippen LogP contribution is 2.61. The molecule has 2 aliphatic rings. The van der Waals surface area contributed by atoms with E-state index in [9.17, 15) is 5.26 Å². The summed E-state index contributed by atoms with van der Waals surface area (Å²) in [4.78, 5) is 4.72. The molecule has 0 N–H and O–H groups in total. The zero-order chi connectivity index (χ0) is 19.8. The first-order valence-corrected chi connectivity index (χ1v) is 11.0. The van der Waals surface area contributed by atoms with E-state index in [4.69, 9.17) is 4.74 Å². The Morgan fingerprint density at radius 1 is 0.893 bits per heavy atom. The number of nitriles is 1. The van der Waals surface area contributed by atoms with Gasteiger partial charge >= 0.3 is 0 Å². The number of nitrogens with zero attached hydrogens (tertiary/aromatic N) is 1. The second kappa shape index (κ2) is 7.39. The molecule has 1 aliphatic carbocycles. The monoisotopic (exact) mass is 405 g/mol. The van der Waals surface area contributed by atoms with Crippen LogP contribution >= 0.6 is 23.5 Å². The van der Waals surface area contributed by atoms with Crippen molar-refractivity contribution in [2.45, 2.75) is 36.2 Å². The SMILES string of the molecule is CC(C)(C)[C@@H]1C(Sc2ccccc2)=C[C@@]2(C#N)OC=C(Sc3ccccc3)[C@@H]12. The predicted octanol–water partition coefficient (Wildman–Crippen LogP) is 6.88. The van der Waals surface area contributed by atoms with Crippen LogP contribution in [0.25, 0.3) is 0 Å². The maximum absolute atomic E-state index is 10.1. The van der Waals surface area contributed by atoms with E-state index in [-0.39, 0.29) is 17.3 Å². The predicted molar refractivity (Wildman–Crippen MR) is 117 cm³/mol. The van der Waals surface area contributed by atoms with Crippen LogP contribution in [0.15, 0.2) is 92.6 Å². The van der Waals surface area contributed by atoms with Gasteiger partial charge in [-0.15, -0.1) is 0 Å². The Bertz CT molecular complexity index is 954. The number of thioether (sulfide) groups is 2. The van der Waals surface area contributed by atoms with E-state index < -0.39 is 5.60 Å². The minimum Gasteiger partial charge on any atom is -0.475 e. The van der Waals surface area contributed by atoms with Gasteiger partial charge in [-0.05, 0) is 40.7 Å². The summed E-state index contributed by atoms with van der Waals surface area (Å²) in [6.45, 7) is 6.77. The highest BCUT2D eigenvalue weighted by atomic mass is 32.2. The minimum absolute atomic E-state index is 0.000911. The van der Waals surface area contributed by atoms with E-state index >= 15 is 0 Å². The fourth-order valence-electron chi connectivity index (χ4n) is 4.00. The fraction of sp³-hybridized carbons (Fsp3) is 0.292. The molecule has 0 spiro atoms. The summed E-state index contributed by atoms with van der Waals surface area (Å²) in [7, 11) is 0. The maximum Gasteiger partial charge on any atom is 0.221 e. The molecule has 142 valence electrons. The van der Waals surface area contributed by atoms with Crippen LogP contribution in [0.3, 0.4) is 0 Å². The second-order valence-corrected chi connectivity index (χ2v) is 10.5. The van der Waals surface area contributed by atoms with Gasteiger partial charge in [0.15, 0.2) is 0 Å². The fourth-order valence-corrected chi connectivity index (χ4v) is 6.51. The largest absolute Gasteiger partial charge is 0.475 e. The lowest BCUT2D eigenvalue weighted by atomic mass is 9.72. The van der Waals surface area contributed by atoms with Crippen molar-refractivity contribution < 1.29 is 4.74 Å². The molecule has 4 heteroatoms. The van der Waals surface area contributed by atoms with Crippen LogP contribution in [-0.2, 0) is 4.74 Å². The molecule has 1 heterocycles. The van der Waals surface area contributed by atoms with Gasteiger partial charge in [0, 0.05) is 20.6 Å². The van der Waals surface area contributed by atoms with Gasteiger partial charge in [-0.1, -0.05) is 80.7 Å². The molecule has 0 aromatic heterocycles. The van der Waals surface area contributed by atoms with Crippen LogP contribution in [0.4, 0.5) is 0 Å². The minimum atomic E-state index is -0.911. The third kappa shape index (κ3) is 3.50. The number of allylic oxidation sites excluding steroid dienone is 1. The molecule has 0 unspecified atom stereocenters. The molecule has 0 radical (unpaired) electrons. The van der Waals surface area contributed by atoms with E-state index in [1.54, 1.807) is 23.5 Å². The molecular formula is C24H23NOS2. The normalized spacial score (nSPS) is 26.1. The van der Waals surface area contributed by atoms with Crippen molar-refractivity contribution in [1.82, 2.24) is 0 Å². The lowest BCUT2D eigenvalue weighted by molar-refractivity contribution is 0.0833. The number of rotatable bonds is 4. The molecule has 3 atom stereocenters. The zero-order valence-electron chi connectivity index (χ0n) is 16.3. The zero-order valence-corrected chi connectivity index (χ0v) is 17.9. The summed E-state index contributed by atoms with van der Waals surface area (Å²) in [6, 6.07) is 23.2. The number of ether oxygens (including phenoxy) is 1.